The van der Waals surface area contributed by atoms with E-state index in [1.54, 1.807) is 0 Å². The minimum absolute atomic E-state index is 0.130. The predicted octanol–water partition coefficient (Wildman–Crippen LogP) is -0.638. The normalized spacial score (nSPS) is 20.0. The van der Waals surface area contributed by atoms with E-state index in [0.717, 1.165) is 0 Å². The summed E-state index contributed by atoms with van der Waals surface area (Å²) in [5, 5.41) is 0. The van der Waals surface area contributed by atoms with Gasteiger partial charge in [0.05, 0.1) is 0 Å². The first-order valence-electron chi connectivity index (χ1n) is 4.31. The Labute approximate surface area is 75.7 Å². The van der Waals surface area contributed by atoms with E-state index >= 15 is 0 Å². The Bertz CT molecular complexity index is 65.1. The van der Waals surface area contributed by atoms with Gasteiger partial charge >= 0.3 is 0 Å². The first-order valence-corrected chi connectivity index (χ1v) is 4.31. The first-order chi connectivity index (χ1) is 5.29. The molecule has 0 aromatic heterocycles. The Hall–Kier alpha value is -0.160. The quantitative estimate of drug-likeness (QED) is 0.449. The van der Waals surface area contributed by atoms with E-state index < -0.39 is 0 Å². The van der Waals surface area contributed by atoms with Crippen molar-refractivity contribution in [3.8, 4) is 0 Å². The number of rotatable bonds is 2. The van der Waals surface area contributed by atoms with Crippen molar-refractivity contribution < 1.29 is 0 Å². The van der Waals surface area contributed by atoms with E-state index in [-0.39, 0.29) is 24.2 Å². The standard InChI is InChI=1S/2C4H12N2/c2*1-3(5)4(2)6/h2*3-4H,5-6H2,1-2H3. The summed E-state index contributed by atoms with van der Waals surface area (Å²) < 4.78 is 0. The summed E-state index contributed by atoms with van der Waals surface area (Å²) in [6.07, 6.45) is 0. The van der Waals surface area contributed by atoms with Gasteiger partial charge in [0.25, 0.3) is 0 Å². The molecule has 76 valence electrons. The number of hydrogen-bond acceptors (Lipinski definition) is 4. The molecular weight excluding hydrogens is 152 g/mol. The molecule has 0 aliphatic heterocycles. The monoisotopic (exact) mass is 176 g/mol. The van der Waals surface area contributed by atoms with Crippen LogP contribution in [-0.4, -0.2) is 24.2 Å². The average molecular weight is 176 g/mol. The van der Waals surface area contributed by atoms with Crippen LogP contribution in [0.1, 0.15) is 27.7 Å². The summed E-state index contributed by atoms with van der Waals surface area (Å²) in [5.41, 5.74) is 21.2. The van der Waals surface area contributed by atoms with Crippen LogP contribution >= 0.6 is 0 Å². The highest BCUT2D eigenvalue weighted by Crippen LogP contribution is 1.78. The average Bonchev–Trinajstić information content (AvgIpc) is 1.88. The summed E-state index contributed by atoms with van der Waals surface area (Å²) in [5.74, 6) is 0. The van der Waals surface area contributed by atoms with Crippen LogP contribution in [0, 0.1) is 0 Å². The molecule has 0 amide bonds. The third-order valence-electron chi connectivity index (χ3n) is 1.66. The van der Waals surface area contributed by atoms with Gasteiger partial charge in [-0.1, -0.05) is 0 Å². The maximum atomic E-state index is 5.31. The van der Waals surface area contributed by atoms with Crippen LogP contribution in [-0.2, 0) is 0 Å². The molecule has 0 spiro atoms. The Morgan fingerprint density at radius 1 is 0.500 bits per heavy atom. The van der Waals surface area contributed by atoms with Gasteiger partial charge in [-0.2, -0.15) is 0 Å². The molecule has 12 heavy (non-hydrogen) atoms. The fourth-order valence-corrected chi connectivity index (χ4v) is 0. The summed E-state index contributed by atoms with van der Waals surface area (Å²) >= 11 is 0. The third kappa shape index (κ3) is 12.5. The van der Waals surface area contributed by atoms with Crippen molar-refractivity contribution in [3.05, 3.63) is 0 Å². The second kappa shape index (κ2) is 7.49. The van der Waals surface area contributed by atoms with Crippen molar-refractivity contribution in [1.82, 2.24) is 0 Å². The molecule has 4 unspecified atom stereocenters. The molecule has 0 saturated carbocycles. The van der Waals surface area contributed by atoms with Crippen LogP contribution in [0.4, 0.5) is 0 Å². The highest BCUT2D eigenvalue weighted by molar-refractivity contribution is 4.63. The first kappa shape index (κ1) is 14.4. The van der Waals surface area contributed by atoms with Crippen molar-refractivity contribution in [2.45, 2.75) is 51.9 Å². The zero-order valence-corrected chi connectivity index (χ0v) is 8.62. The lowest BCUT2D eigenvalue weighted by Crippen LogP contribution is -2.35. The molecule has 0 heterocycles. The van der Waals surface area contributed by atoms with Gasteiger partial charge in [-0.05, 0) is 27.7 Å². The van der Waals surface area contributed by atoms with Gasteiger partial charge < -0.3 is 22.9 Å². The van der Waals surface area contributed by atoms with Crippen molar-refractivity contribution in [2.24, 2.45) is 22.9 Å². The van der Waals surface area contributed by atoms with E-state index in [1.807, 2.05) is 27.7 Å². The summed E-state index contributed by atoms with van der Waals surface area (Å²) in [7, 11) is 0. The lowest BCUT2D eigenvalue weighted by atomic mass is 10.2. The zero-order chi connectivity index (χ0) is 10.3. The SMILES string of the molecule is CC(N)C(C)N.CC(N)C(C)N. The van der Waals surface area contributed by atoms with Crippen molar-refractivity contribution in [2.75, 3.05) is 0 Å². The second-order valence-electron chi connectivity index (χ2n) is 3.44. The van der Waals surface area contributed by atoms with Crippen LogP contribution < -0.4 is 22.9 Å². The molecule has 0 aromatic carbocycles. The zero-order valence-electron chi connectivity index (χ0n) is 8.62. The molecule has 0 rings (SSSR count). The summed E-state index contributed by atoms with van der Waals surface area (Å²) in [4.78, 5) is 0. The maximum absolute atomic E-state index is 5.31. The second-order valence-corrected chi connectivity index (χ2v) is 3.44. The van der Waals surface area contributed by atoms with Gasteiger partial charge in [0.1, 0.15) is 0 Å². The van der Waals surface area contributed by atoms with Crippen LogP contribution in [0.2, 0.25) is 0 Å². The maximum Gasteiger partial charge on any atom is 0.0160 e. The van der Waals surface area contributed by atoms with Crippen LogP contribution in [0.5, 0.6) is 0 Å². The van der Waals surface area contributed by atoms with Gasteiger partial charge in [0.2, 0.25) is 0 Å². The fourth-order valence-electron chi connectivity index (χ4n) is 0. The minimum Gasteiger partial charge on any atom is -0.327 e. The van der Waals surface area contributed by atoms with Crippen molar-refractivity contribution >= 4 is 0 Å². The highest BCUT2D eigenvalue weighted by atomic mass is 14.7. The lowest BCUT2D eigenvalue weighted by Gasteiger charge is -2.06. The summed E-state index contributed by atoms with van der Waals surface area (Å²) in [6.45, 7) is 7.57. The molecule has 0 aliphatic rings. The van der Waals surface area contributed by atoms with Crippen LogP contribution in [0.25, 0.3) is 0 Å². The van der Waals surface area contributed by atoms with Crippen molar-refractivity contribution in [3.63, 3.8) is 0 Å². The van der Waals surface area contributed by atoms with E-state index in [0.29, 0.717) is 0 Å². The molecule has 4 nitrogen and oxygen atoms in total. The van der Waals surface area contributed by atoms with Crippen LogP contribution in [0.15, 0.2) is 0 Å². The number of hydrogen-bond donors (Lipinski definition) is 4. The lowest BCUT2D eigenvalue weighted by molar-refractivity contribution is 0.603. The van der Waals surface area contributed by atoms with E-state index in [1.165, 1.54) is 0 Å². The van der Waals surface area contributed by atoms with Crippen LogP contribution in [0.3, 0.4) is 0 Å². The summed E-state index contributed by atoms with van der Waals surface area (Å²) in [6, 6.07) is 0.519. The largest absolute Gasteiger partial charge is 0.327 e. The molecule has 0 fully saturated rings. The molecule has 0 aromatic rings. The predicted molar refractivity (Wildman–Crippen MR) is 54.6 cm³/mol. The van der Waals surface area contributed by atoms with Gasteiger partial charge in [-0.15, -0.1) is 0 Å². The topological polar surface area (TPSA) is 104 Å². The number of nitrogens with two attached hydrogens (primary N) is 4. The van der Waals surface area contributed by atoms with Gasteiger partial charge in [-0.3, -0.25) is 0 Å². The smallest absolute Gasteiger partial charge is 0.0160 e. The van der Waals surface area contributed by atoms with E-state index in [9.17, 15) is 0 Å². The molecule has 8 N–H and O–H groups in total. The fraction of sp³-hybridized carbons (Fsp3) is 1.00. The van der Waals surface area contributed by atoms with Gasteiger partial charge in [-0.25, -0.2) is 0 Å². The molecule has 4 heteroatoms. The minimum atomic E-state index is 0.130. The van der Waals surface area contributed by atoms with Crippen molar-refractivity contribution in [1.29, 1.82) is 0 Å². The molecule has 0 aliphatic carbocycles. The Morgan fingerprint density at radius 3 is 0.583 bits per heavy atom. The molecule has 0 saturated heterocycles. The molecule has 0 radical (unpaired) electrons. The molecule has 0 bridgehead atoms. The van der Waals surface area contributed by atoms with E-state index in [4.69, 9.17) is 22.9 Å². The Balaban J connectivity index is 0. The van der Waals surface area contributed by atoms with E-state index in [2.05, 4.69) is 0 Å². The Morgan fingerprint density at radius 2 is 0.583 bits per heavy atom. The molecule has 4 atom stereocenters. The highest BCUT2D eigenvalue weighted by Gasteiger charge is 1.96. The van der Waals surface area contributed by atoms with Gasteiger partial charge in [0.15, 0.2) is 0 Å². The third-order valence-corrected chi connectivity index (χ3v) is 1.66. The Kier molecular flexibility index (Phi) is 8.97. The molecular formula is C8H24N4. The van der Waals surface area contributed by atoms with Gasteiger partial charge in [0, 0.05) is 24.2 Å².